The van der Waals surface area contributed by atoms with Gasteiger partial charge in [-0.05, 0) is 53.6 Å². The highest BCUT2D eigenvalue weighted by Gasteiger charge is 2.09. The summed E-state index contributed by atoms with van der Waals surface area (Å²) in [6.07, 6.45) is 1.77. The molecule has 0 atom stereocenters. The number of allylic oxidation sites excluding steroid dienone is 1. The van der Waals surface area contributed by atoms with Crippen molar-refractivity contribution in [2.45, 2.75) is 0 Å². The molecule has 0 saturated carbocycles. The quantitative estimate of drug-likeness (QED) is 0.241. The monoisotopic (exact) mass is 403 g/mol. The van der Waals surface area contributed by atoms with Gasteiger partial charge in [-0.25, -0.2) is 4.79 Å². The van der Waals surface area contributed by atoms with Gasteiger partial charge in [0, 0.05) is 4.47 Å². The highest BCUT2D eigenvalue weighted by molar-refractivity contribution is 9.10. The Balaban J connectivity index is 1.82. The lowest BCUT2D eigenvalue weighted by Crippen LogP contribution is -2.08. The molecule has 0 aliphatic rings. The molecule has 0 radical (unpaired) electrons. The van der Waals surface area contributed by atoms with Crippen molar-refractivity contribution in [2.24, 2.45) is 0 Å². The molecule has 0 aliphatic heterocycles. The first kappa shape index (κ1) is 17.7. The predicted molar refractivity (Wildman–Crippen MR) is 105 cm³/mol. The predicted octanol–water partition coefficient (Wildman–Crippen LogP) is 5.73. The van der Waals surface area contributed by atoms with Crippen LogP contribution in [0.2, 0.25) is 0 Å². The molecule has 26 heavy (non-hydrogen) atoms. The van der Waals surface area contributed by atoms with Gasteiger partial charge in [-0.2, -0.15) is 5.26 Å². The smallest absolute Gasteiger partial charge is 0.343 e. The topological polar surface area (TPSA) is 50.1 Å². The Labute approximate surface area is 160 Å². The van der Waals surface area contributed by atoms with Gasteiger partial charge in [0.25, 0.3) is 0 Å². The molecular weight excluding hydrogens is 390 g/mol. The largest absolute Gasteiger partial charge is 0.423 e. The Kier molecular flexibility index (Phi) is 5.62. The van der Waals surface area contributed by atoms with Crippen LogP contribution in [-0.4, -0.2) is 5.97 Å². The van der Waals surface area contributed by atoms with Crippen molar-refractivity contribution >= 4 is 33.5 Å². The molecule has 0 fully saturated rings. The zero-order valence-corrected chi connectivity index (χ0v) is 15.3. The number of nitrogens with zero attached hydrogens (tertiary/aromatic N) is 1. The third-order valence-corrected chi connectivity index (χ3v) is 4.19. The van der Waals surface area contributed by atoms with Gasteiger partial charge in [-0.1, -0.05) is 58.4 Å². The van der Waals surface area contributed by atoms with Crippen LogP contribution in [0.15, 0.2) is 83.3 Å². The summed E-state index contributed by atoms with van der Waals surface area (Å²) in [6.45, 7) is 0. The Hall–Kier alpha value is -3.16. The molecule has 0 unspecified atom stereocenters. The SMILES string of the molecule is N#C/C(=C/c1cccc(OC(=O)c2ccc(Br)cc2)c1)c1ccccc1. The van der Waals surface area contributed by atoms with E-state index >= 15 is 0 Å². The lowest BCUT2D eigenvalue weighted by atomic mass is 10.0. The van der Waals surface area contributed by atoms with Gasteiger partial charge < -0.3 is 4.74 Å². The number of hydrogen-bond donors (Lipinski definition) is 0. The zero-order chi connectivity index (χ0) is 18.4. The van der Waals surface area contributed by atoms with Crippen LogP contribution in [0.5, 0.6) is 5.75 Å². The van der Waals surface area contributed by atoms with Crippen molar-refractivity contribution in [2.75, 3.05) is 0 Å². The van der Waals surface area contributed by atoms with Gasteiger partial charge in [0.2, 0.25) is 0 Å². The maximum atomic E-state index is 12.2. The Bertz CT molecular complexity index is 987. The van der Waals surface area contributed by atoms with E-state index in [0.29, 0.717) is 16.9 Å². The molecule has 3 rings (SSSR count). The van der Waals surface area contributed by atoms with E-state index < -0.39 is 5.97 Å². The second-order valence-corrected chi connectivity index (χ2v) is 6.42. The molecule has 4 heteroatoms. The fourth-order valence-electron chi connectivity index (χ4n) is 2.38. The average Bonchev–Trinajstić information content (AvgIpc) is 2.67. The van der Waals surface area contributed by atoms with E-state index in [1.54, 1.807) is 48.5 Å². The number of rotatable bonds is 4. The van der Waals surface area contributed by atoms with Crippen molar-refractivity contribution in [1.82, 2.24) is 0 Å². The van der Waals surface area contributed by atoms with Crippen LogP contribution in [0.25, 0.3) is 11.6 Å². The third kappa shape index (κ3) is 4.47. The first-order chi connectivity index (χ1) is 12.7. The summed E-state index contributed by atoms with van der Waals surface area (Å²) in [5.74, 6) is -0.000726. The number of esters is 1. The first-order valence-corrected chi connectivity index (χ1v) is 8.70. The summed E-state index contributed by atoms with van der Waals surface area (Å²) in [5, 5.41) is 9.42. The van der Waals surface area contributed by atoms with Gasteiger partial charge in [-0.3, -0.25) is 0 Å². The van der Waals surface area contributed by atoms with Crippen molar-refractivity contribution in [1.29, 1.82) is 5.26 Å². The molecule has 0 heterocycles. The highest BCUT2D eigenvalue weighted by Crippen LogP contribution is 2.21. The van der Waals surface area contributed by atoms with Gasteiger partial charge in [0.15, 0.2) is 0 Å². The van der Waals surface area contributed by atoms with E-state index in [9.17, 15) is 10.1 Å². The van der Waals surface area contributed by atoms with Gasteiger partial charge in [0.1, 0.15) is 5.75 Å². The van der Waals surface area contributed by atoms with E-state index in [1.807, 2.05) is 36.4 Å². The van der Waals surface area contributed by atoms with Crippen LogP contribution >= 0.6 is 15.9 Å². The van der Waals surface area contributed by atoms with Crippen molar-refractivity contribution in [3.8, 4) is 11.8 Å². The van der Waals surface area contributed by atoms with Crippen LogP contribution < -0.4 is 4.74 Å². The molecule has 126 valence electrons. The average molecular weight is 404 g/mol. The number of ether oxygens (including phenoxy) is 1. The van der Waals surface area contributed by atoms with Gasteiger partial charge >= 0.3 is 5.97 Å². The Morgan fingerprint density at radius 1 is 0.923 bits per heavy atom. The van der Waals surface area contributed by atoms with Crippen LogP contribution in [0.4, 0.5) is 0 Å². The van der Waals surface area contributed by atoms with Crippen LogP contribution in [0.1, 0.15) is 21.5 Å². The summed E-state index contributed by atoms with van der Waals surface area (Å²) in [6, 6.07) is 25.7. The van der Waals surface area contributed by atoms with E-state index in [-0.39, 0.29) is 0 Å². The third-order valence-electron chi connectivity index (χ3n) is 3.66. The molecule has 0 spiro atoms. The molecule has 0 aromatic heterocycles. The Morgan fingerprint density at radius 2 is 1.65 bits per heavy atom. The minimum absolute atomic E-state index is 0.428. The molecule has 0 bridgehead atoms. The molecular formula is C22H14BrNO2. The molecule has 0 saturated heterocycles. The number of carbonyl (C=O) groups excluding carboxylic acids is 1. The van der Waals surface area contributed by atoms with Crippen LogP contribution in [0, 0.1) is 11.3 Å². The van der Waals surface area contributed by atoms with Crippen molar-refractivity contribution in [3.63, 3.8) is 0 Å². The molecule has 0 amide bonds. The number of benzene rings is 3. The minimum Gasteiger partial charge on any atom is -0.423 e. The van der Waals surface area contributed by atoms with E-state index in [1.165, 1.54) is 0 Å². The van der Waals surface area contributed by atoms with E-state index in [0.717, 1.165) is 15.6 Å². The van der Waals surface area contributed by atoms with Crippen molar-refractivity contribution < 1.29 is 9.53 Å². The number of nitriles is 1. The van der Waals surface area contributed by atoms with Gasteiger partial charge in [-0.15, -0.1) is 0 Å². The minimum atomic E-state index is -0.429. The Morgan fingerprint density at radius 3 is 2.35 bits per heavy atom. The van der Waals surface area contributed by atoms with E-state index in [4.69, 9.17) is 4.74 Å². The normalized spacial score (nSPS) is 10.8. The van der Waals surface area contributed by atoms with E-state index in [2.05, 4.69) is 22.0 Å². The fourth-order valence-corrected chi connectivity index (χ4v) is 2.65. The highest BCUT2D eigenvalue weighted by atomic mass is 79.9. The van der Waals surface area contributed by atoms with Crippen LogP contribution in [0.3, 0.4) is 0 Å². The zero-order valence-electron chi connectivity index (χ0n) is 13.7. The molecule has 3 aromatic rings. The lowest BCUT2D eigenvalue weighted by molar-refractivity contribution is 0.0735. The maximum absolute atomic E-state index is 12.2. The molecule has 0 N–H and O–H groups in total. The second-order valence-electron chi connectivity index (χ2n) is 5.50. The standard InChI is InChI=1S/C22H14BrNO2/c23-20-11-9-18(10-12-20)22(25)26-21-8-4-5-16(14-21)13-19(15-24)17-6-2-1-3-7-17/h1-14H/b19-13-. The first-order valence-electron chi connectivity index (χ1n) is 7.91. The summed E-state index contributed by atoms with van der Waals surface area (Å²) >= 11 is 3.33. The summed E-state index contributed by atoms with van der Waals surface area (Å²) < 4.78 is 6.33. The van der Waals surface area contributed by atoms with Gasteiger partial charge in [0.05, 0.1) is 17.2 Å². The summed E-state index contributed by atoms with van der Waals surface area (Å²) in [7, 11) is 0. The number of halogens is 1. The van der Waals surface area contributed by atoms with Crippen LogP contribution in [-0.2, 0) is 0 Å². The number of carbonyl (C=O) groups is 1. The molecule has 3 aromatic carbocycles. The second kappa shape index (κ2) is 8.28. The summed E-state index contributed by atoms with van der Waals surface area (Å²) in [4.78, 5) is 12.2. The maximum Gasteiger partial charge on any atom is 0.343 e. The fraction of sp³-hybridized carbons (Fsp3) is 0. The summed E-state index contributed by atoms with van der Waals surface area (Å²) in [5.41, 5.74) is 2.64. The lowest BCUT2D eigenvalue weighted by Gasteiger charge is -2.06. The molecule has 3 nitrogen and oxygen atoms in total. The number of hydrogen-bond acceptors (Lipinski definition) is 3. The van der Waals surface area contributed by atoms with Crippen molar-refractivity contribution in [3.05, 3.63) is 100 Å². The molecule has 0 aliphatic carbocycles.